The minimum absolute atomic E-state index is 0.152. The van der Waals surface area contributed by atoms with Gasteiger partial charge in [0.15, 0.2) is 11.6 Å². The van der Waals surface area contributed by atoms with Crippen LogP contribution in [0.15, 0.2) is 54.3 Å². The summed E-state index contributed by atoms with van der Waals surface area (Å²) in [7, 11) is 0. The fourth-order valence-corrected chi connectivity index (χ4v) is 6.90. The van der Waals surface area contributed by atoms with E-state index in [4.69, 9.17) is 0 Å². The summed E-state index contributed by atoms with van der Waals surface area (Å²) >= 11 is 13.6. The van der Waals surface area contributed by atoms with Crippen LogP contribution in [0.5, 0.6) is 0 Å². The van der Waals surface area contributed by atoms with E-state index in [9.17, 15) is 19.2 Å². The lowest BCUT2D eigenvalue weighted by Crippen LogP contribution is -2.44. The predicted octanol–water partition coefficient (Wildman–Crippen LogP) is 6.90. The highest BCUT2D eigenvalue weighted by atomic mass is 79.9. The van der Waals surface area contributed by atoms with E-state index in [1.54, 1.807) is 26.0 Å². The molecule has 38 heavy (non-hydrogen) atoms. The number of anilines is 2. The van der Waals surface area contributed by atoms with E-state index in [0.29, 0.717) is 29.3 Å². The number of benzene rings is 2. The number of imide groups is 2. The number of amides is 4. The van der Waals surface area contributed by atoms with Crippen LogP contribution in [-0.4, -0.2) is 33.6 Å². The summed E-state index contributed by atoms with van der Waals surface area (Å²) in [5, 5.41) is 0.549. The van der Waals surface area contributed by atoms with Gasteiger partial charge in [-0.3, -0.25) is 19.2 Å². The standard InChI is InChI=1S/C26H12Br4N4O4/c1-9-15(27)7-17(29)21(31-9)33-23(35)11-3-5-13-20-14(6-4-12(19(11)20)24(33)36)26(38)34(25(13)37)22-18(30)8-16(28)10(2)32-22/h3-8H,1-2H3. The molecule has 2 aromatic carbocycles. The lowest BCUT2D eigenvalue weighted by Gasteiger charge is -2.31. The van der Waals surface area contributed by atoms with Crippen molar-refractivity contribution in [2.45, 2.75) is 13.8 Å². The third kappa shape index (κ3) is 3.50. The maximum Gasteiger partial charge on any atom is 0.267 e. The molecule has 0 saturated heterocycles. The predicted molar refractivity (Wildman–Crippen MR) is 155 cm³/mol. The van der Waals surface area contributed by atoms with Crippen LogP contribution in [0, 0.1) is 13.8 Å². The summed E-state index contributed by atoms with van der Waals surface area (Å²) in [4.78, 5) is 65.7. The maximum atomic E-state index is 13.7. The molecule has 0 unspecified atom stereocenters. The summed E-state index contributed by atoms with van der Waals surface area (Å²) in [6.45, 7) is 3.50. The number of rotatable bonds is 2. The average Bonchev–Trinajstić information content (AvgIpc) is 2.87. The summed E-state index contributed by atoms with van der Waals surface area (Å²) in [6, 6.07) is 9.47. The highest BCUT2D eigenvalue weighted by Gasteiger charge is 2.42. The van der Waals surface area contributed by atoms with Gasteiger partial charge in [-0.05, 0) is 114 Å². The zero-order valence-corrected chi connectivity index (χ0v) is 25.7. The molecular formula is C26H12Br4N4O4. The molecule has 12 heteroatoms. The smallest absolute Gasteiger partial charge is 0.267 e. The van der Waals surface area contributed by atoms with Gasteiger partial charge in [0.05, 0.1) is 20.3 Å². The average molecular weight is 764 g/mol. The lowest BCUT2D eigenvalue weighted by atomic mass is 9.86. The van der Waals surface area contributed by atoms with Gasteiger partial charge in [-0.15, -0.1) is 0 Å². The van der Waals surface area contributed by atoms with Gasteiger partial charge < -0.3 is 0 Å². The first kappa shape index (κ1) is 25.5. The number of aryl methyl sites for hydroxylation is 2. The molecule has 2 aliphatic heterocycles. The lowest BCUT2D eigenvalue weighted by molar-refractivity contribution is 0.0871. The quantitative estimate of drug-likeness (QED) is 0.206. The van der Waals surface area contributed by atoms with Gasteiger partial charge in [0, 0.05) is 42.0 Å². The molecule has 0 fully saturated rings. The van der Waals surface area contributed by atoms with Crippen LogP contribution >= 0.6 is 63.7 Å². The topological polar surface area (TPSA) is 101 Å². The normalized spacial score (nSPS) is 14.7. The maximum absolute atomic E-state index is 13.7. The zero-order valence-electron chi connectivity index (χ0n) is 19.4. The van der Waals surface area contributed by atoms with Crippen LogP contribution in [0.25, 0.3) is 10.8 Å². The Morgan fingerprint density at radius 1 is 0.526 bits per heavy atom. The van der Waals surface area contributed by atoms with Crippen molar-refractivity contribution in [3.8, 4) is 0 Å². The Bertz CT molecular complexity index is 1640. The van der Waals surface area contributed by atoms with Crippen molar-refractivity contribution >= 4 is 110 Å². The van der Waals surface area contributed by atoms with Gasteiger partial charge in [-0.2, -0.15) is 0 Å². The molecule has 0 bridgehead atoms. The largest absolute Gasteiger partial charge is 0.268 e. The Balaban J connectivity index is 1.56. The number of pyridine rings is 2. The number of hydrogen-bond acceptors (Lipinski definition) is 6. The van der Waals surface area contributed by atoms with Crippen LogP contribution in [0.1, 0.15) is 52.8 Å². The number of carbonyl (C=O) groups is 4. The second-order valence-electron chi connectivity index (χ2n) is 8.68. The van der Waals surface area contributed by atoms with Gasteiger partial charge in [-0.1, -0.05) is 0 Å². The monoisotopic (exact) mass is 760 g/mol. The molecule has 2 aromatic heterocycles. The summed E-state index contributed by atoms with van der Waals surface area (Å²) in [5.74, 6) is -2.10. The first-order chi connectivity index (χ1) is 18.0. The molecule has 8 nitrogen and oxygen atoms in total. The van der Waals surface area contributed by atoms with Crippen molar-refractivity contribution in [2.24, 2.45) is 0 Å². The molecule has 4 heterocycles. The molecule has 6 rings (SSSR count). The van der Waals surface area contributed by atoms with Crippen LogP contribution < -0.4 is 9.80 Å². The van der Waals surface area contributed by atoms with Crippen molar-refractivity contribution in [2.75, 3.05) is 9.80 Å². The number of aromatic nitrogens is 2. The van der Waals surface area contributed by atoms with E-state index >= 15 is 0 Å². The highest BCUT2D eigenvalue weighted by molar-refractivity contribution is 9.11. The summed E-state index contributed by atoms with van der Waals surface area (Å²) in [5.41, 5.74) is 1.98. The fourth-order valence-electron chi connectivity index (χ4n) is 4.66. The molecule has 0 saturated carbocycles. The Kier molecular flexibility index (Phi) is 5.95. The van der Waals surface area contributed by atoms with Crippen molar-refractivity contribution in [1.82, 2.24) is 9.97 Å². The molecule has 0 atom stereocenters. The number of carbonyl (C=O) groups excluding carboxylic acids is 4. The van der Waals surface area contributed by atoms with Crippen LogP contribution in [0.2, 0.25) is 0 Å². The molecule has 4 amide bonds. The van der Waals surface area contributed by atoms with Gasteiger partial charge >= 0.3 is 0 Å². The van der Waals surface area contributed by atoms with Gasteiger partial charge in [0.2, 0.25) is 0 Å². The second kappa shape index (κ2) is 8.87. The van der Waals surface area contributed by atoms with E-state index in [2.05, 4.69) is 73.7 Å². The molecule has 188 valence electrons. The van der Waals surface area contributed by atoms with E-state index in [1.165, 1.54) is 24.3 Å². The summed E-state index contributed by atoms with van der Waals surface area (Å²) < 4.78 is 2.34. The number of hydrogen-bond donors (Lipinski definition) is 0. The first-order valence-corrected chi connectivity index (χ1v) is 14.2. The third-order valence-electron chi connectivity index (χ3n) is 6.49. The van der Waals surface area contributed by atoms with Crippen molar-refractivity contribution in [3.63, 3.8) is 0 Å². The van der Waals surface area contributed by atoms with Gasteiger partial charge in [0.25, 0.3) is 23.6 Å². The number of nitrogens with zero attached hydrogens (tertiary/aromatic N) is 4. The molecule has 0 radical (unpaired) electrons. The SMILES string of the molecule is Cc1nc(N2C(=O)c3ccc4c5c(ccc(c35)C2=O)C(=O)N(c2nc(C)c(Br)cc2Br)C4=O)c(Br)cc1Br. The Morgan fingerprint density at radius 2 is 0.816 bits per heavy atom. The fraction of sp³-hybridized carbons (Fsp3) is 0.0769. The molecular weight excluding hydrogens is 752 g/mol. The van der Waals surface area contributed by atoms with E-state index in [1.807, 2.05) is 0 Å². The molecule has 0 spiro atoms. The molecule has 2 aliphatic rings. The van der Waals surface area contributed by atoms with Crippen LogP contribution in [0.3, 0.4) is 0 Å². The minimum Gasteiger partial charge on any atom is -0.268 e. The Hall–Kier alpha value is -2.80. The first-order valence-electron chi connectivity index (χ1n) is 11.0. The van der Waals surface area contributed by atoms with E-state index < -0.39 is 23.6 Å². The molecule has 0 aliphatic carbocycles. The molecule has 0 N–H and O–H groups in total. The van der Waals surface area contributed by atoms with Gasteiger partial charge in [0.1, 0.15) is 0 Å². The van der Waals surface area contributed by atoms with E-state index in [-0.39, 0.29) is 44.7 Å². The Labute approximate surface area is 248 Å². The minimum atomic E-state index is -0.601. The van der Waals surface area contributed by atoms with Gasteiger partial charge in [-0.25, -0.2) is 19.8 Å². The summed E-state index contributed by atoms with van der Waals surface area (Å²) in [6.07, 6.45) is 0. The third-order valence-corrected chi connectivity index (χ3v) is 9.26. The van der Waals surface area contributed by atoms with Crippen molar-refractivity contribution in [1.29, 1.82) is 0 Å². The molecule has 4 aromatic rings. The van der Waals surface area contributed by atoms with Crippen molar-refractivity contribution in [3.05, 3.63) is 87.9 Å². The van der Waals surface area contributed by atoms with Crippen LogP contribution in [-0.2, 0) is 0 Å². The Morgan fingerprint density at radius 3 is 1.11 bits per heavy atom. The zero-order chi connectivity index (χ0) is 27.2. The second-order valence-corrected chi connectivity index (χ2v) is 12.1. The van der Waals surface area contributed by atoms with Crippen LogP contribution in [0.4, 0.5) is 11.6 Å². The highest BCUT2D eigenvalue weighted by Crippen LogP contribution is 2.42. The number of halogens is 4. The van der Waals surface area contributed by atoms with E-state index in [0.717, 1.165) is 9.80 Å². The van der Waals surface area contributed by atoms with Crippen molar-refractivity contribution < 1.29 is 19.2 Å².